The molecule has 2 rings (SSSR count). The molecule has 0 aliphatic heterocycles. The molecular formula is C24H30N6O2W2-2. The Morgan fingerprint density at radius 2 is 1.35 bits per heavy atom. The van der Waals surface area contributed by atoms with Gasteiger partial charge >= 0.3 is 166 Å². The van der Waals surface area contributed by atoms with Crippen molar-refractivity contribution in [2.24, 2.45) is 11.5 Å². The molecule has 0 radical (unpaired) electrons. The van der Waals surface area contributed by atoms with E-state index in [-0.39, 0.29) is 0 Å². The molecule has 10 heteroatoms. The predicted octanol–water partition coefficient (Wildman–Crippen LogP) is 2.62. The summed E-state index contributed by atoms with van der Waals surface area (Å²) in [5.74, 6) is 1.07. The second-order valence-corrected chi connectivity index (χ2v) is 9.67. The molecule has 0 saturated carbocycles. The Morgan fingerprint density at radius 1 is 0.853 bits per heavy atom. The van der Waals surface area contributed by atoms with Gasteiger partial charge in [-0.2, -0.15) is 0 Å². The molecule has 0 bridgehead atoms. The standard InChI is InChI=1S/C11H12N3O.C7H10N2O.C6H8N.2W/c1-3-15-11-8-13-7-10(14-11)9(2)5-4-6-12;1-3-10-7-5-8-4-6(2)9-7;1-6(2)4-3-5-7;;/h2,4-5,7-8H,3,12H2,1H3;4-5H,3H2,1-2H3;1,3-4H,7H2,2H3;;/q-1;;-1;;. The molecule has 2 aromatic rings. The summed E-state index contributed by atoms with van der Waals surface area (Å²) in [5.41, 5.74) is 13.6. The van der Waals surface area contributed by atoms with Crippen molar-refractivity contribution < 1.29 is 48.2 Å². The first-order valence-corrected chi connectivity index (χ1v) is 13.0. The van der Waals surface area contributed by atoms with Gasteiger partial charge in [0.1, 0.15) is 0 Å². The first-order valence-electron chi connectivity index (χ1n) is 10.1. The van der Waals surface area contributed by atoms with Gasteiger partial charge in [0.15, 0.2) is 0 Å². The zero-order valence-electron chi connectivity index (χ0n) is 19.8. The van der Waals surface area contributed by atoms with E-state index in [1.807, 2.05) is 33.8 Å². The Labute approximate surface area is 224 Å². The van der Waals surface area contributed by atoms with Crippen LogP contribution in [0, 0.1) is 20.1 Å². The van der Waals surface area contributed by atoms with Gasteiger partial charge in [0.25, 0.3) is 0 Å². The Balaban J connectivity index is 0.000000520. The van der Waals surface area contributed by atoms with Gasteiger partial charge in [-0.05, 0) is 13.8 Å². The Bertz CT molecular complexity index is 1010. The maximum atomic E-state index is 5.82. The molecule has 2 heterocycles. The second kappa shape index (κ2) is 19.1. The van der Waals surface area contributed by atoms with Gasteiger partial charge < -0.3 is 4.74 Å². The summed E-state index contributed by atoms with van der Waals surface area (Å²) in [6.45, 7) is 19.8. The van der Waals surface area contributed by atoms with Crippen molar-refractivity contribution in [3.8, 4) is 11.8 Å². The summed E-state index contributed by atoms with van der Waals surface area (Å²) in [6, 6.07) is 0. The summed E-state index contributed by atoms with van der Waals surface area (Å²) < 4.78 is 12.0. The van der Waals surface area contributed by atoms with E-state index in [0.717, 1.165) is 19.3 Å². The van der Waals surface area contributed by atoms with Gasteiger partial charge in [-0.15, -0.1) is 0 Å². The van der Waals surface area contributed by atoms with Crippen LogP contribution in [0.5, 0.6) is 11.8 Å². The molecule has 2 aromatic heterocycles. The molecule has 8 nitrogen and oxygen atoms in total. The topological polar surface area (TPSA) is 122 Å². The van der Waals surface area contributed by atoms with Crippen LogP contribution in [-0.4, -0.2) is 41.2 Å². The fourth-order valence-electron chi connectivity index (χ4n) is 1.83. The van der Waals surface area contributed by atoms with Crippen molar-refractivity contribution in [3.05, 3.63) is 79.2 Å². The van der Waals surface area contributed by atoms with Gasteiger partial charge in [0, 0.05) is 6.20 Å². The Hall–Kier alpha value is -2.24. The van der Waals surface area contributed by atoms with Crippen molar-refractivity contribution in [1.82, 2.24) is 19.9 Å². The van der Waals surface area contributed by atoms with Gasteiger partial charge in [-0.1, -0.05) is 0 Å². The predicted molar refractivity (Wildman–Crippen MR) is 129 cm³/mol. The average Bonchev–Trinajstić information content (AvgIpc) is 2.78. The molecular weight excluding hydrogens is 772 g/mol. The number of nitrogens with two attached hydrogens (primary N) is 2. The first-order chi connectivity index (χ1) is 16.1. The van der Waals surface area contributed by atoms with Crippen LogP contribution in [0.3, 0.4) is 0 Å². The molecule has 0 amide bonds. The molecule has 34 heavy (non-hydrogen) atoms. The molecule has 182 valence electrons. The van der Waals surface area contributed by atoms with Crippen LogP contribution >= 0.6 is 0 Å². The van der Waals surface area contributed by atoms with E-state index in [1.165, 1.54) is 38.7 Å². The van der Waals surface area contributed by atoms with Crippen LogP contribution in [0.1, 0.15) is 32.2 Å². The summed E-state index contributed by atoms with van der Waals surface area (Å²) in [7, 11) is 0. The molecule has 0 unspecified atom stereocenters. The second-order valence-electron chi connectivity index (χ2n) is 6.28. The zero-order chi connectivity index (χ0) is 25.9. The normalized spacial score (nSPS) is 9.94. The van der Waals surface area contributed by atoms with Crippen molar-refractivity contribution >= 4 is 13.6 Å². The maximum absolute atomic E-state index is 5.82. The molecule has 0 atom stereocenters. The number of aromatic nitrogens is 4. The van der Waals surface area contributed by atoms with E-state index in [2.05, 4.69) is 19.9 Å². The van der Waals surface area contributed by atoms with E-state index < -0.39 is 0 Å². The number of rotatable bonds is 9. The van der Waals surface area contributed by atoms with Crippen LogP contribution in [0.25, 0.3) is 5.57 Å². The Morgan fingerprint density at radius 3 is 1.79 bits per heavy atom. The van der Waals surface area contributed by atoms with Crippen molar-refractivity contribution in [1.29, 1.82) is 0 Å². The van der Waals surface area contributed by atoms with Crippen molar-refractivity contribution in [3.63, 3.8) is 0 Å². The van der Waals surface area contributed by atoms with E-state index in [4.69, 9.17) is 34.1 Å². The van der Waals surface area contributed by atoms with Gasteiger partial charge in [-0.25, -0.2) is 4.98 Å². The van der Waals surface area contributed by atoms with Gasteiger partial charge in [0.2, 0.25) is 5.88 Å². The number of nitrogens with zero attached hydrogens (tertiary/aromatic N) is 4. The van der Waals surface area contributed by atoms with Crippen LogP contribution in [-0.2, 0) is 38.7 Å². The summed E-state index contributed by atoms with van der Waals surface area (Å²) >= 11 is 2.48. The molecule has 4 N–H and O–H groups in total. The minimum atomic E-state index is 0.468. The summed E-state index contributed by atoms with van der Waals surface area (Å²) in [4.78, 5) is 16.2. The molecule has 0 spiro atoms. The number of allylic oxidation sites excluding steroid dienone is 4. The van der Waals surface area contributed by atoms with Gasteiger partial charge in [0.05, 0.1) is 18.5 Å². The van der Waals surface area contributed by atoms with Crippen LogP contribution in [0.4, 0.5) is 0 Å². The van der Waals surface area contributed by atoms with Crippen LogP contribution < -0.4 is 20.9 Å². The summed E-state index contributed by atoms with van der Waals surface area (Å²) in [6.07, 6.45) is 13.5. The quantitative estimate of drug-likeness (QED) is 0.294. The van der Waals surface area contributed by atoms with E-state index in [1.54, 1.807) is 43.0 Å². The number of hydrogen-bond acceptors (Lipinski definition) is 8. The first kappa shape index (κ1) is 31.8. The van der Waals surface area contributed by atoms with Gasteiger partial charge in [-0.3, -0.25) is 4.98 Å². The number of ether oxygens (including phenoxy) is 2. The van der Waals surface area contributed by atoms with Crippen LogP contribution in [0.2, 0.25) is 0 Å². The third-order valence-electron chi connectivity index (χ3n) is 3.16. The number of hydrogen-bond donors (Lipinski definition) is 2. The van der Waals surface area contributed by atoms with Crippen molar-refractivity contribution in [2.75, 3.05) is 13.2 Å². The molecule has 0 aliphatic rings. The average molecular weight is 802 g/mol. The SMILES string of the molecule is CCOc1cncc(C)n1.[CH-]=C(C)C=C[C](N)=[W].[CH-]=C(C=C[C](N)=[W])c1cncc(OCC)n1. The zero-order valence-corrected chi connectivity index (χ0v) is 25.6. The molecule has 0 aliphatic carbocycles. The molecule has 0 aromatic carbocycles. The summed E-state index contributed by atoms with van der Waals surface area (Å²) in [5, 5.41) is 0. The number of aryl methyl sites for hydroxylation is 1. The third-order valence-corrected chi connectivity index (χ3v) is 4.14. The van der Waals surface area contributed by atoms with Crippen molar-refractivity contribution in [2.45, 2.75) is 27.7 Å². The van der Waals surface area contributed by atoms with E-state index in [0.29, 0.717) is 36.2 Å². The van der Waals surface area contributed by atoms with E-state index in [9.17, 15) is 0 Å². The molecule has 0 saturated heterocycles. The fourth-order valence-corrected chi connectivity index (χ4v) is 2.32. The fraction of sp³-hybridized carbons (Fsp3) is 0.250. The Kier molecular flexibility index (Phi) is 17.8. The van der Waals surface area contributed by atoms with Crippen LogP contribution in [0.15, 0.2) is 54.7 Å². The monoisotopic (exact) mass is 802 g/mol. The van der Waals surface area contributed by atoms with E-state index >= 15 is 0 Å². The molecule has 0 fully saturated rings. The third kappa shape index (κ3) is 17.3. The minimum absolute atomic E-state index is 0.468.